The van der Waals surface area contributed by atoms with E-state index in [0.717, 1.165) is 63.5 Å². The fourth-order valence-corrected chi connectivity index (χ4v) is 6.19. The van der Waals surface area contributed by atoms with E-state index >= 15 is 0 Å². The Hall–Kier alpha value is -4.28. The normalized spacial score (nSPS) is 17.3. The lowest BCUT2D eigenvalue weighted by molar-refractivity contribution is -0.165. The topological polar surface area (TPSA) is 150 Å². The van der Waals surface area contributed by atoms with E-state index in [9.17, 15) is 9.90 Å². The molecule has 2 aliphatic heterocycles. The number of hydrogen-bond donors (Lipinski definition) is 2. The molecule has 5 heterocycles. The summed E-state index contributed by atoms with van der Waals surface area (Å²) >= 11 is 0. The van der Waals surface area contributed by atoms with Crippen molar-refractivity contribution in [3.8, 4) is 17.3 Å². The van der Waals surface area contributed by atoms with Gasteiger partial charge >= 0.3 is 0 Å². The maximum Gasteiger partial charge on any atom is 0.278 e. The number of nitrogens with zero attached hydrogens (tertiary/aromatic N) is 7. The summed E-state index contributed by atoms with van der Waals surface area (Å²) in [5.74, 6) is 1.76. The monoisotopic (exact) mass is 706 g/mol. The molecule has 0 amide bonds. The van der Waals surface area contributed by atoms with Crippen molar-refractivity contribution < 1.29 is 28.8 Å². The number of piperazine rings is 1. The third-order valence-electron chi connectivity index (χ3n) is 8.93. The first-order valence-corrected chi connectivity index (χ1v) is 17.6. The first-order valence-electron chi connectivity index (χ1n) is 17.6. The van der Waals surface area contributed by atoms with E-state index in [4.69, 9.17) is 33.7 Å². The number of likely N-dealkylation sites (N-methyl/N-ethyl adjacent to an activating group) is 1. The molecule has 1 unspecified atom stereocenters. The highest BCUT2D eigenvalue weighted by Gasteiger charge is 2.25. The van der Waals surface area contributed by atoms with Crippen LogP contribution < -0.4 is 25.2 Å². The van der Waals surface area contributed by atoms with Crippen molar-refractivity contribution in [1.29, 1.82) is 0 Å². The van der Waals surface area contributed by atoms with Gasteiger partial charge < -0.3 is 43.9 Å². The standard InChI is InChI=1S/C36H50N8O7/c1-24(2)43-34(45)27-22-37-35(40-33(27)44(43)31-21-26(51-23-47-6)20-30(39-31)36(3,4)46)38-25-10-11-28(42-14-12-41(5)13-15-42)29(19-25)48-17-18-50-32-9-7-8-16-49-32/h10-11,19-22,24,32,46H,7-9,12-18,23H2,1-6H3,(H,37,38,40). The number of ether oxygens (including phenoxy) is 5. The summed E-state index contributed by atoms with van der Waals surface area (Å²) in [5, 5.41) is 14.5. The predicted molar refractivity (Wildman–Crippen MR) is 194 cm³/mol. The molecule has 0 radical (unpaired) electrons. The van der Waals surface area contributed by atoms with Crippen molar-refractivity contribution in [2.75, 3.05) is 77.2 Å². The highest BCUT2D eigenvalue weighted by atomic mass is 16.7. The van der Waals surface area contributed by atoms with Crippen LogP contribution in [0.4, 0.5) is 17.3 Å². The molecule has 276 valence electrons. The lowest BCUT2D eigenvalue weighted by Gasteiger charge is -2.35. The number of anilines is 3. The molecule has 1 atom stereocenters. The fourth-order valence-electron chi connectivity index (χ4n) is 6.19. The molecule has 3 aromatic heterocycles. The molecule has 2 saturated heterocycles. The Morgan fingerprint density at radius 1 is 1.06 bits per heavy atom. The summed E-state index contributed by atoms with van der Waals surface area (Å²) in [5.41, 5.74) is 0.860. The van der Waals surface area contributed by atoms with Crippen molar-refractivity contribution in [2.24, 2.45) is 0 Å². The second-order valence-electron chi connectivity index (χ2n) is 13.8. The second kappa shape index (κ2) is 15.9. The second-order valence-corrected chi connectivity index (χ2v) is 13.8. The van der Waals surface area contributed by atoms with Crippen molar-refractivity contribution in [2.45, 2.75) is 64.9 Å². The van der Waals surface area contributed by atoms with Crippen LogP contribution in [-0.2, 0) is 19.8 Å². The van der Waals surface area contributed by atoms with Gasteiger partial charge in [-0.05, 0) is 66.1 Å². The lowest BCUT2D eigenvalue weighted by atomic mass is 10.0. The molecule has 1 aromatic carbocycles. The van der Waals surface area contributed by atoms with Crippen LogP contribution in [0.25, 0.3) is 16.9 Å². The van der Waals surface area contributed by atoms with Gasteiger partial charge in [0.05, 0.1) is 18.0 Å². The van der Waals surface area contributed by atoms with E-state index < -0.39 is 5.60 Å². The summed E-state index contributed by atoms with van der Waals surface area (Å²) in [4.78, 5) is 32.5. The zero-order chi connectivity index (χ0) is 36.1. The summed E-state index contributed by atoms with van der Waals surface area (Å²) < 4.78 is 32.1. The van der Waals surface area contributed by atoms with Gasteiger partial charge in [0.1, 0.15) is 29.1 Å². The first-order chi connectivity index (χ1) is 24.5. The highest BCUT2D eigenvalue weighted by molar-refractivity contribution is 5.77. The van der Waals surface area contributed by atoms with Gasteiger partial charge in [-0.2, -0.15) is 4.98 Å². The fraction of sp³-hybridized carbons (Fsp3) is 0.556. The molecular formula is C36H50N8O7. The van der Waals surface area contributed by atoms with Gasteiger partial charge in [0.2, 0.25) is 5.95 Å². The van der Waals surface area contributed by atoms with Crippen molar-refractivity contribution in [3.05, 3.63) is 52.6 Å². The van der Waals surface area contributed by atoms with E-state index in [1.807, 2.05) is 32.0 Å². The van der Waals surface area contributed by atoms with Crippen LogP contribution in [0.1, 0.15) is 58.7 Å². The molecule has 4 aromatic rings. The van der Waals surface area contributed by atoms with Gasteiger partial charge in [0, 0.05) is 76.0 Å². The average Bonchev–Trinajstić information content (AvgIpc) is 3.41. The molecule has 51 heavy (non-hydrogen) atoms. The van der Waals surface area contributed by atoms with Crippen LogP contribution in [0.15, 0.2) is 41.3 Å². The predicted octanol–water partition coefficient (Wildman–Crippen LogP) is 4.19. The number of aromatic nitrogens is 5. The number of aliphatic hydroxyl groups is 1. The Morgan fingerprint density at radius 3 is 2.57 bits per heavy atom. The van der Waals surface area contributed by atoms with Crippen LogP contribution in [0.5, 0.6) is 11.5 Å². The molecule has 0 spiro atoms. The van der Waals surface area contributed by atoms with Crippen LogP contribution in [-0.4, -0.2) is 108 Å². The first kappa shape index (κ1) is 36.5. The molecule has 2 N–H and O–H groups in total. The minimum absolute atomic E-state index is 0.00431. The molecule has 2 fully saturated rings. The molecule has 0 bridgehead atoms. The summed E-state index contributed by atoms with van der Waals surface area (Å²) in [6.45, 7) is 12.3. The minimum Gasteiger partial charge on any atom is -0.489 e. The molecule has 6 rings (SSSR count). The Morgan fingerprint density at radius 2 is 1.86 bits per heavy atom. The largest absolute Gasteiger partial charge is 0.489 e. The molecule has 2 aliphatic rings. The van der Waals surface area contributed by atoms with E-state index in [1.54, 1.807) is 35.3 Å². The van der Waals surface area contributed by atoms with Gasteiger partial charge in [-0.15, -0.1) is 0 Å². The number of methoxy groups -OCH3 is 1. The third kappa shape index (κ3) is 8.61. The lowest BCUT2D eigenvalue weighted by Crippen LogP contribution is -2.44. The maximum absolute atomic E-state index is 13.7. The van der Waals surface area contributed by atoms with Crippen molar-refractivity contribution in [3.63, 3.8) is 0 Å². The highest BCUT2D eigenvalue weighted by Crippen LogP contribution is 2.34. The molecule has 15 heteroatoms. The van der Waals surface area contributed by atoms with E-state index in [2.05, 4.69) is 27.1 Å². The number of rotatable bonds is 14. The van der Waals surface area contributed by atoms with Gasteiger partial charge in [0.15, 0.2) is 24.5 Å². The molecule has 0 aliphatic carbocycles. The maximum atomic E-state index is 13.7. The van der Waals surface area contributed by atoms with E-state index in [1.165, 1.54) is 13.3 Å². The number of benzene rings is 1. The quantitative estimate of drug-likeness (QED) is 0.143. The Balaban J connectivity index is 1.33. The molecule has 15 nitrogen and oxygen atoms in total. The zero-order valence-corrected chi connectivity index (χ0v) is 30.4. The van der Waals surface area contributed by atoms with Crippen LogP contribution in [0, 0.1) is 0 Å². The number of pyridine rings is 1. The van der Waals surface area contributed by atoms with E-state index in [-0.39, 0.29) is 30.6 Å². The molecule has 0 saturated carbocycles. The summed E-state index contributed by atoms with van der Waals surface area (Å²) in [7, 11) is 3.66. The number of fused-ring (bicyclic) bond motifs is 1. The smallest absolute Gasteiger partial charge is 0.278 e. The number of hydrogen-bond acceptors (Lipinski definition) is 13. The van der Waals surface area contributed by atoms with Gasteiger partial charge in [-0.25, -0.2) is 19.3 Å². The Kier molecular flexibility index (Phi) is 11.4. The Labute approximate surface area is 298 Å². The van der Waals surface area contributed by atoms with Gasteiger partial charge in [-0.1, -0.05) is 0 Å². The molecular weight excluding hydrogens is 656 g/mol. The minimum atomic E-state index is -1.29. The average molecular weight is 707 g/mol. The van der Waals surface area contributed by atoms with Crippen LogP contribution in [0.3, 0.4) is 0 Å². The van der Waals surface area contributed by atoms with Crippen molar-refractivity contribution in [1.82, 2.24) is 29.2 Å². The van der Waals surface area contributed by atoms with Gasteiger partial charge in [0.25, 0.3) is 5.56 Å². The summed E-state index contributed by atoms with van der Waals surface area (Å²) in [6, 6.07) is 9.04. The van der Waals surface area contributed by atoms with Gasteiger partial charge in [-0.3, -0.25) is 4.79 Å². The van der Waals surface area contributed by atoms with Crippen LogP contribution >= 0.6 is 0 Å². The SMILES string of the molecule is COCOc1cc(-n2c3nc(Nc4ccc(N5CCN(C)CC5)c(OCCOC5CCCCO5)c4)ncc3c(=O)n2C(C)C)nc(C(C)(C)O)c1. The number of nitrogens with one attached hydrogen (secondary N) is 1. The third-order valence-corrected chi connectivity index (χ3v) is 8.93. The van der Waals surface area contributed by atoms with E-state index in [0.29, 0.717) is 47.2 Å². The zero-order valence-electron chi connectivity index (χ0n) is 30.4. The van der Waals surface area contributed by atoms with Crippen molar-refractivity contribution >= 4 is 28.4 Å². The summed E-state index contributed by atoms with van der Waals surface area (Å²) in [6.07, 6.45) is 4.41. The Bertz CT molecular complexity index is 1840. The van der Waals surface area contributed by atoms with Crippen LogP contribution in [0.2, 0.25) is 0 Å².